The van der Waals surface area contributed by atoms with Crippen molar-refractivity contribution in [1.29, 1.82) is 0 Å². The summed E-state index contributed by atoms with van der Waals surface area (Å²) in [4.78, 5) is 12.4. The summed E-state index contributed by atoms with van der Waals surface area (Å²) in [6, 6.07) is 7.67. The summed E-state index contributed by atoms with van der Waals surface area (Å²) in [5, 5.41) is 0.587. The van der Waals surface area contributed by atoms with Crippen molar-refractivity contribution in [2.24, 2.45) is 0 Å². The number of hydrogen-bond donors (Lipinski definition) is 0. The van der Waals surface area contributed by atoms with Crippen LogP contribution in [-0.2, 0) is 0 Å². The zero-order chi connectivity index (χ0) is 14.2. The van der Waals surface area contributed by atoms with Crippen LogP contribution < -0.4 is 0 Å². The fraction of sp³-hybridized carbons (Fsp3) is 0.133. The molecule has 0 aliphatic rings. The van der Waals surface area contributed by atoms with Crippen molar-refractivity contribution >= 4 is 29.0 Å². The molecule has 0 N–H and O–H groups in total. The lowest BCUT2D eigenvalue weighted by molar-refractivity contribution is 0.103. The van der Waals surface area contributed by atoms with E-state index in [1.807, 2.05) is 6.92 Å². The van der Waals surface area contributed by atoms with Gasteiger partial charge < -0.3 is 0 Å². The number of halogens is 3. The second kappa shape index (κ2) is 5.32. The van der Waals surface area contributed by atoms with Crippen molar-refractivity contribution in [3.05, 3.63) is 68.4 Å². The molecular formula is C15H11Cl2FO. The third-order valence-corrected chi connectivity index (χ3v) is 3.33. The quantitative estimate of drug-likeness (QED) is 0.714. The van der Waals surface area contributed by atoms with Gasteiger partial charge in [-0.2, -0.15) is 0 Å². The van der Waals surface area contributed by atoms with Gasteiger partial charge in [-0.3, -0.25) is 4.79 Å². The average molecular weight is 297 g/mol. The van der Waals surface area contributed by atoms with Gasteiger partial charge in [0.2, 0.25) is 0 Å². The molecule has 0 aromatic heterocycles. The highest BCUT2D eigenvalue weighted by Gasteiger charge is 2.16. The molecule has 0 atom stereocenters. The summed E-state index contributed by atoms with van der Waals surface area (Å²) >= 11 is 11.9. The van der Waals surface area contributed by atoms with Gasteiger partial charge in [0.05, 0.1) is 5.02 Å². The van der Waals surface area contributed by atoms with E-state index >= 15 is 0 Å². The Balaban J connectivity index is 2.53. The molecule has 0 aliphatic heterocycles. The fourth-order valence-electron chi connectivity index (χ4n) is 1.85. The highest BCUT2D eigenvalue weighted by molar-refractivity contribution is 6.35. The maximum absolute atomic E-state index is 13.3. The predicted octanol–water partition coefficient (Wildman–Crippen LogP) is 4.98. The van der Waals surface area contributed by atoms with Gasteiger partial charge in [-0.1, -0.05) is 23.2 Å². The molecule has 98 valence electrons. The second-order valence-electron chi connectivity index (χ2n) is 4.43. The van der Waals surface area contributed by atoms with Crippen LogP contribution in [0, 0.1) is 19.7 Å². The lowest BCUT2D eigenvalue weighted by Gasteiger charge is -2.07. The number of benzene rings is 2. The predicted molar refractivity (Wildman–Crippen MR) is 75.8 cm³/mol. The summed E-state index contributed by atoms with van der Waals surface area (Å²) in [6.07, 6.45) is 0. The molecule has 0 saturated carbocycles. The minimum Gasteiger partial charge on any atom is -0.289 e. The first-order valence-electron chi connectivity index (χ1n) is 5.66. The van der Waals surface area contributed by atoms with Crippen molar-refractivity contribution in [3.8, 4) is 0 Å². The van der Waals surface area contributed by atoms with E-state index in [0.717, 1.165) is 11.6 Å². The second-order valence-corrected chi connectivity index (χ2v) is 5.27. The third kappa shape index (κ3) is 2.96. The van der Waals surface area contributed by atoms with Crippen LogP contribution in [0.2, 0.25) is 10.0 Å². The van der Waals surface area contributed by atoms with Gasteiger partial charge in [0, 0.05) is 16.1 Å². The topological polar surface area (TPSA) is 17.1 Å². The molecule has 0 saturated heterocycles. The molecule has 0 spiro atoms. The summed E-state index contributed by atoms with van der Waals surface area (Å²) < 4.78 is 13.3. The van der Waals surface area contributed by atoms with Crippen molar-refractivity contribution in [2.75, 3.05) is 0 Å². The molecule has 0 fully saturated rings. The Kier molecular flexibility index (Phi) is 3.93. The van der Waals surface area contributed by atoms with Gasteiger partial charge in [0.1, 0.15) is 5.82 Å². The zero-order valence-electron chi connectivity index (χ0n) is 10.4. The van der Waals surface area contributed by atoms with Crippen LogP contribution in [0.15, 0.2) is 30.3 Å². The number of aryl methyl sites for hydroxylation is 2. The molecule has 4 heteroatoms. The molecule has 2 rings (SSSR count). The van der Waals surface area contributed by atoms with Crippen molar-refractivity contribution in [2.45, 2.75) is 13.8 Å². The van der Waals surface area contributed by atoms with Crippen LogP contribution in [0.1, 0.15) is 27.0 Å². The van der Waals surface area contributed by atoms with Crippen LogP contribution in [0.25, 0.3) is 0 Å². The van der Waals surface area contributed by atoms with E-state index < -0.39 is 5.82 Å². The molecule has 0 aliphatic carbocycles. The molecule has 0 amide bonds. The van der Waals surface area contributed by atoms with Gasteiger partial charge in [0.15, 0.2) is 5.78 Å². The van der Waals surface area contributed by atoms with Crippen LogP contribution >= 0.6 is 23.2 Å². The van der Waals surface area contributed by atoms with Crippen molar-refractivity contribution in [1.82, 2.24) is 0 Å². The fourth-order valence-corrected chi connectivity index (χ4v) is 2.38. The van der Waals surface area contributed by atoms with E-state index in [4.69, 9.17) is 23.2 Å². The van der Waals surface area contributed by atoms with Crippen molar-refractivity contribution < 1.29 is 9.18 Å². The Morgan fingerprint density at radius 1 is 1.05 bits per heavy atom. The highest BCUT2D eigenvalue weighted by atomic mass is 35.5. The van der Waals surface area contributed by atoms with Crippen LogP contribution in [-0.4, -0.2) is 5.78 Å². The van der Waals surface area contributed by atoms with Crippen LogP contribution in [0.4, 0.5) is 4.39 Å². The van der Waals surface area contributed by atoms with Gasteiger partial charge in [-0.05, 0) is 55.3 Å². The zero-order valence-corrected chi connectivity index (χ0v) is 11.9. The number of carbonyl (C=O) groups is 1. The number of hydrogen-bond acceptors (Lipinski definition) is 1. The summed E-state index contributed by atoms with van der Waals surface area (Å²) in [7, 11) is 0. The van der Waals surface area contributed by atoms with E-state index in [-0.39, 0.29) is 16.4 Å². The van der Waals surface area contributed by atoms with Crippen LogP contribution in [0.5, 0.6) is 0 Å². The van der Waals surface area contributed by atoms with Gasteiger partial charge in [-0.25, -0.2) is 4.39 Å². The molecule has 0 heterocycles. The Hall–Kier alpha value is -1.38. The SMILES string of the molecule is Cc1cc(Cl)cc(C(=O)c2cc(C)c(F)cc2Cl)c1. The van der Waals surface area contributed by atoms with Gasteiger partial charge in [0.25, 0.3) is 0 Å². The maximum atomic E-state index is 13.3. The number of rotatable bonds is 2. The first-order valence-corrected chi connectivity index (χ1v) is 6.41. The van der Waals surface area contributed by atoms with E-state index in [2.05, 4.69) is 0 Å². The highest BCUT2D eigenvalue weighted by Crippen LogP contribution is 2.25. The molecule has 1 nitrogen and oxygen atoms in total. The number of carbonyl (C=O) groups excluding carboxylic acids is 1. The maximum Gasteiger partial charge on any atom is 0.194 e. The van der Waals surface area contributed by atoms with Crippen molar-refractivity contribution in [3.63, 3.8) is 0 Å². The monoisotopic (exact) mass is 296 g/mol. The Morgan fingerprint density at radius 2 is 1.74 bits per heavy atom. The normalized spacial score (nSPS) is 10.6. The first kappa shape index (κ1) is 14.0. The smallest absolute Gasteiger partial charge is 0.194 e. The third-order valence-electron chi connectivity index (χ3n) is 2.80. The minimum absolute atomic E-state index is 0.103. The minimum atomic E-state index is -0.427. The lowest BCUT2D eigenvalue weighted by Crippen LogP contribution is -2.04. The molecule has 2 aromatic carbocycles. The molecule has 0 radical (unpaired) electrons. The van der Waals surface area contributed by atoms with E-state index in [0.29, 0.717) is 16.1 Å². The molecular weight excluding hydrogens is 286 g/mol. The lowest BCUT2D eigenvalue weighted by atomic mass is 10.00. The summed E-state index contributed by atoms with van der Waals surface area (Å²) in [5.41, 5.74) is 1.98. The summed E-state index contributed by atoms with van der Waals surface area (Å²) in [6.45, 7) is 3.44. The standard InChI is InChI=1S/C15H11Cl2FO/c1-8-3-10(6-11(16)4-8)15(19)12-5-9(2)14(18)7-13(12)17/h3-7H,1-2H3. The molecule has 2 aromatic rings. The largest absolute Gasteiger partial charge is 0.289 e. The van der Waals surface area contributed by atoms with Gasteiger partial charge >= 0.3 is 0 Å². The van der Waals surface area contributed by atoms with Crippen LogP contribution in [0.3, 0.4) is 0 Å². The Morgan fingerprint density at radius 3 is 2.37 bits per heavy atom. The average Bonchev–Trinajstić information content (AvgIpc) is 2.31. The molecule has 0 bridgehead atoms. The van der Waals surface area contributed by atoms with E-state index in [1.54, 1.807) is 25.1 Å². The van der Waals surface area contributed by atoms with Gasteiger partial charge in [-0.15, -0.1) is 0 Å². The first-order chi connectivity index (χ1) is 8.88. The number of ketones is 1. The molecule has 0 unspecified atom stereocenters. The Labute approximate surface area is 121 Å². The van der Waals surface area contributed by atoms with E-state index in [9.17, 15) is 9.18 Å². The molecule has 19 heavy (non-hydrogen) atoms. The summed E-state index contributed by atoms with van der Waals surface area (Å²) in [5.74, 6) is -0.692. The Bertz CT molecular complexity index is 645. The van der Waals surface area contributed by atoms with E-state index in [1.165, 1.54) is 6.07 Å².